The molecular weight excluding hydrogens is 327 g/mol. The molecule has 19 heavy (non-hydrogen) atoms. The molecule has 92 valence electrons. The Morgan fingerprint density at radius 2 is 1.95 bits per heavy atom. The SMILES string of the molecule is O=C(Nc1nc2ccccc2s1)NP(=O)(O)O.[K].[Na]. The minimum Gasteiger partial charge on any atom is -0.308 e. The van der Waals surface area contributed by atoms with Crippen molar-refractivity contribution in [3.63, 3.8) is 0 Å². The Morgan fingerprint density at radius 3 is 2.53 bits per heavy atom. The molecule has 1 heterocycles. The number of amides is 2. The molecule has 0 atom stereocenters. The molecule has 0 fully saturated rings. The normalized spacial score (nSPS) is 10.2. The van der Waals surface area contributed by atoms with Gasteiger partial charge in [0.2, 0.25) is 0 Å². The van der Waals surface area contributed by atoms with Gasteiger partial charge in [-0.3, -0.25) is 5.32 Å². The average Bonchev–Trinajstić information content (AvgIpc) is 2.55. The number of fused-ring (bicyclic) bond motifs is 1. The molecule has 2 aromatic rings. The number of benzene rings is 1. The van der Waals surface area contributed by atoms with E-state index < -0.39 is 13.8 Å². The molecule has 0 saturated heterocycles. The number of anilines is 1. The van der Waals surface area contributed by atoms with Gasteiger partial charge >= 0.3 is 13.8 Å². The third-order valence-corrected chi connectivity index (χ3v) is 3.21. The van der Waals surface area contributed by atoms with Gasteiger partial charge in [-0.2, -0.15) is 0 Å². The molecule has 1 aromatic carbocycles. The number of thiazole rings is 1. The van der Waals surface area contributed by atoms with Crippen molar-refractivity contribution in [1.29, 1.82) is 0 Å². The largest absolute Gasteiger partial charge is 0.431 e. The van der Waals surface area contributed by atoms with Crippen LogP contribution in [0.2, 0.25) is 0 Å². The maximum atomic E-state index is 11.2. The zero-order chi connectivity index (χ0) is 12.5. The molecule has 0 aliphatic heterocycles. The number of nitrogens with zero attached hydrogens (tertiary/aromatic N) is 1. The van der Waals surface area contributed by atoms with E-state index in [1.54, 1.807) is 6.07 Å². The van der Waals surface area contributed by atoms with Gasteiger partial charge < -0.3 is 9.79 Å². The summed E-state index contributed by atoms with van der Waals surface area (Å²) < 4.78 is 11.4. The number of aromatic nitrogens is 1. The van der Waals surface area contributed by atoms with Gasteiger partial charge in [0.1, 0.15) is 0 Å². The minimum atomic E-state index is -4.58. The van der Waals surface area contributed by atoms with Crippen molar-refractivity contribution in [2.75, 3.05) is 5.32 Å². The van der Waals surface area contributed by atoms with Gasteiger partial charge in [-0.25, -0.2) is 19.4 Å². The Morgan fingerprint density at radius 1 is 1.32 bits per heavy atom. The summed E-state index contributed by atoms with van der Waals surface area (Å²) in [5.41, 5.74) is 0.712. The van der Waals surface area contributed by atoms with Crippen LogP contribution in [0.5, 0.6) is 0 Å². The summed E-state index contributed by atoms with van der Waals surface area (Å²) in [6, 6.07) is 6.26. The second-order valence-electron chi connectivity index (χ2n) is 3.10. The van der Waals surface area contributed by atoms with Gasteiger partial charge in [-0.15, -0.1) is 0 Å². The Balaban J connectivity index is 0.00000162. The van der Waals surface area contributed by atoms with Gasteiger partial charge in [0.25, 0.3) is 0 Å². The van der Waals surface area contributed by atoms with E-state index in [1.807, 2.05) is 18.2 Å². The Labute approximate surface area is 177 Å². The molecule has 1 aromatic heterocycles. The average molecular weight is 335 g/mol. The molecule has 0 aliphatic rings. The van der Waals surface area contributed by atoms with E-state index in [-0.39, 0.29) is 86.1 Å². The Kier molecular flexibility index (Phi) is 9.10. The zero-order valence-corrected chi connectivity index (χ0v) is 17.2. The predicted molar refractivity (Wildman–Crippen MR) is 75.3 cm³/mol. The van der Waals surface area contributed by atoms with E-state index in [0.717, 1.165) is 4.70 Å². The van der Waals surface area contributed by atoms with E-state index in [4.69, 9.17) is 9.79 Å². The third kappa shape index (κ3) is 6.64. The van der Waals surface area contributed by atoms with E-state index in [0.29, 0.717) is 5.52 Å². The molecule has 0 bridgehead atoms. The molecule has 0 unspecified atom stereocenters. The van der Waals surface area contributed by atoms with Crippen LogP contribution in [0.4, 0.5) is 9.93 Å². The molecule has 0 aliphatic carbocycles. The monoisotopic (exact) mass is 335 g/mol. The van der Waals surface area contributed by atoms with Crippen LogP contribution in [0.3, 0.4) is 0 Å². The number of rotatable bonds is 2. The van der Waals surface area contributed by atoms with Crippen LogP contribution in [0.15, 0.2) is 24.3 Å². The topological polar surface area (TPSA) is 112 Å². The van der Waals surface area contributed by atoms with Gasteiger partial charge in [0.05, 0.1) is 10.2 Å². The van der Waals surface area contributed by atoms with E-state index in [2.05, 4.69) is 10.3 Å². The first kappa shape index (κ1) is 20.2. The maximum absolute atomic E-state index is 11.2. The number of hydrogen-bond donors (Lipinski definition) is 4. The summed E-state index contributed by atoms with van der Waals surface area (Å²) in [5, 5.41) is 4.02. The smallest absolute Gasteiger partial charge is 0.308 e. The number of hydrogen-bond acceptors (Lipinski definition) is 4. The molecular formula is C8H8KN3NaO4PS. The third-order valence-electron chi connectivity index (χ3n) is 1.76. The van der Waals surface area contributed by atoms with Crippen LogP contribution < -0.4 is 10.4 Å². The van der Waals surface area contributed by atoms with Gasteiger partial charge in [-0.05, 0) is 12.1 Å². The fourth-order valence-corrected chi connectivity index (χ4v) is 2.36. The van der Waals surface area contributed by atoms with Crippen molar-refractivity contribution in [3.05, 3.63) is 24.3 Å². The first-order valence-electron chi connectivity index (χ1n) is 4.44. The number of para-hydroxylation sites is 1. The quantitative estimate of drug-likeness (QED) is 0.478. The van der Waals surface area contributed by atoms with Crippen LogP contribution in [0.25, 0.3) is 10.2 Å². The van der Waals surface area contributed by atoms with Crippen molar-refractivity contribution in [3.8, 4) is 0 Å². The van der Waals surface area contributed by atoms with Gasteiger partial charge in [-0.1, -0.05) is 23.5 Å². The molecule has 4 N–H and O–H groups in total. The number of nitrogens with one attached hydrogen (secondary N) is 2. The fraction of sp³-hybridized carbons (Fsp3) is 0. The summed E-state index contributed by atoms with van der Waals surface area (Å²) in [4.78, 5) is 32.3. The summed E-state index contributed by atoms with van der Waals surface area (Å²) in [6.45, 7) is 0. The van der Waals surface area contributed by atoms with Crippen molar-refractivity contribution in [2.45, 2.75) is 0 Å². The number of carbonyl (C=O) groups is 1. The molecule has 11 heteroatoms. The number of carbonyl (C=O) groups excluding carboxylic acids is 1. The van der Waals surface area contributed by atoms with E-state index >= 15 is 0 Å². The van der Waals surface area contributed by atoms with E-state index in [9.17, 15) is 9.36 Å². The molecule has 0 spiro atoms. The van der Waals surface area contributed by atoms with E-state index in [1.165, 1.54) is 16.4 Å². The van der Waals surface area contributed by atoms with Crippen molar-refractivity contribution in [1.82, 2.24) is 10.1 Å². The molecule has 7 nitrogen and oxygen atoms in total. The van der Waals surface area contributed by atoms with Crippen molar-refractivity contribution in [2.24, 2.45) is 0 Å². The van der Waals surface area contributed by atoms with Crippen LogP contribution in [-0.2, 0) is 4.57 Å². The summed E-state index contributed by atoms with van der Waals surface area (Å²) in [6.07, 6.45) is 0. The van der Waals surface area contributed by atoms with Crippen LogP contribution >= 0.6 is 19.1 Å². The van der Waals surface area contributed by atoms with Crippen LogP contribution in [0.1, 0.15) is 0 Å². The number of urea groups is 1. The van der Waals surface area contributed by atoms with Gasteiger partial charge in [0.15, 0.2) is 5.13 Å². The standard InChI is InChI=1S/C8H8N3O4PS.K.Na/c12-7(11-16(13,14)15)10-8-9-5-3-1-2-4-6(5)17-8;;/h1-4H,(H4,9,10,11,12,13,14,15);;. The van der Waals surface area contributed by atoms with Crippen LogP contribution in [-0.4, -0.2) is 102 Å². The second-order valence-corrected chi connectivity index (χ2v) is 5.44. The first-order valence-corrected chi connectivity index (χ1v) is 6.87. The zero-order valence-electron chi connectivity index (χ0n) is 10.3. The first-order chi connectivity index (χ1) is 7.94. The molecule has 2 amide bonds. The molecule has 2 rings (SSSR count). The van der Waals surface area contributed by atoms with Crippen LogP contribution in [0, 0.1) is 0 Å². The Hall–Kier alpha value is 1.17. The summed E-state index contributed by atoms with van der Waals surface area (Å²) in [7, 11) is -4.58. The van der Waals surface area contributed by atoms with Crippen molar-refractivity contribution >= 4 is 121 Å². The predicted octanol–water partition coefficient (Wildman–Crippen LogP) is 0.749. The van der Waals surface area contributed by atoms with Gasteiger partial charge in [0, 0.05) is 80.9 Å². The maximum Gasteiger partial charge on any atom is 0.431 e. The molecule has 0 saturated carbocycles. The van der Waals surface area contributed by atoms with Crippen molar-refractivity contribution < 1.29 is 19.1 Å². The summed E-state index contributed by atoms with van der Waals surface area (Å²) >= 11 is 1.22. The Bertz CT molecular complexity index is 586. The second kappa shape index (κ2) is 8.57. The minimum absolute atomic E-state index is 0. The molecule has 2 radical (unpaired) electrons. The fourth-order valence-electron chi connectivity index (χ4n) is 1.18. The summed E-state index contributed by atoms with van der Waals surface area (Å²) in [5.74, 6) is 0.